The SMILES string of the molecule is CCCCCCCCNC(N)=NCc1ccc(N2CCC(CO)CC2)cc1.I. The van der Waals surface area contributed by atoms with Gasteiger partial charge in [-0.15, -0.1) is 24.0 Å². The molecule has 4 N–H and O–H groups in total. The molecule has 1 aliphatic heterocycles. The van der Waals surface area contributed by atoms with E-state index in [9.17, 15) is 5.11 Å². The van der Waals surface area contributed by atoms with Crippen LogP contribution >= 0.6 is 24.0 Å². The van der Waals surface area contributed by atoms with Gasteiger partial charge in [0.05, 0.1) is 6.54 Å². The van der Waals surface area contributed by atoms with Crippen molar-refractivity contribution >= 4 is 35.6 Å². The minimum atomic E-state index is 0. The second kappa shape index (κ2) is 14.9. The summed E-state index contributed by atoms with van der Waals surface area (Å²) >= 11 is 0. The van der Waals surface area contributed by atoms with Crippen molar-refractivity contribution in [2.45, 2.75) is 64.8 Å². The molecule has 1 aliphatic rings. The summed E-state index contributed by atoms with van der Waals surface area (Å²) in [6.45, 7) is 6.13. The average molecular weight is 502 g/mol. The van der Waals surface area contributed by atoms with Crippen molar-refractivity contribution in [3.8, 4) is 0 Å². The Morgan fingerprint density at radius 1 is 1.11 bits per heavy atom. The summed E-state index contributed by atoms with van der Waals surface area (Å²) in [6.07, 6.45) is 9.86. The zero-order valence-electron chi connectivity index (χ0n) is 17.4. The fraction of sp³-hybridized carbons (Fsp3) is 0.682. The van der Waals surface area contributed by atoms with E-state index in [0.717, 1.165) is 38.9 Å². The van der Waals surface area contributed by atoms with Crippen molar-refractivity contribution in [2.75, 3.05) is 31.1 Å². The Labute approximate surface area is 188 Å². The number of unbranched alkanes of at least 4 members (excludes halogenated alkanes) is 5. The molecule has 1 heterocycles. The van der Waals surface area contributed by atoms with Crippen molar-refractivity contribution in [3.05, 3.63) is 29.8 Å². The number of hydrogen-bond donors (Lipinski definition) is 3. The van der Waals surface area contributed by atoms with Crippen LogP contribution in [0.4, 0.5) is 5.69 Å². The average Bonchev–Trinajstić information content (AvgIpc) is 2.72. The van der Waals surface area contributed by atoms with E-state index in [1.54, 1.807) is 0 Å². The standard InChI is InChI=1S/C22H38N4O.HI/c1-2-3-4-5-6-7-14-24-22(23)25-17-19-8-10-21(11-9-19)26-15-12-20(18-27)13-16-26;/h8-11,20,27H,2-7,12-18H2,1H3,(H3,23,24,25);1H. The first kappa shape index (κ1) is 25.0. The molecule has 1 fully saturated rings. The van der Waals surface area contributed by atoms with E-state index in [2.05, 4.69) is 46.4 Å². The molecule has 6 heteroatoms. The Bertz CT molecular complexity index is 542. The smallest absolute Gasteiger partial charge is 0.188 e. The topological polar surface area (TPSA) is 73.9 Å². The Balaban J connectivity index is 0.00000392. The summed E-state index contributed by atoms with van der Waals surface area (Å²) in [6, 6.07) is 8.62. The highest BCUT2D eigenvalue weighted by Crippen LogP contribution is 2.23. The van der Waals surface area contributed by atoms with Crippen LogP contribution in [0.3, 0.4) is 0 Å². The van der Waals surface area contributed by atoms with E-state index in [4.69, 9.17) is 5.73 Å². The maximum absolute atomic E-state index is 9.25. The lowest BCUT2D eigenvalue weighted by molar-refractivity contribution is 0.203. The van der Waals surface area contributed by atoms with Crippen molar-refractivity contribution in [3.63, 3.8) is 0 Å². The molecule has 5 nitrogen and oxygen atoms in total. The normalized spacial score (nSPS) is 15.4. The third kappa shape index (κ3) is 9.45. The minimum absolute atomic E-state index is 0. The number of aliphatic imine (C=N–C) groups is 1. The molecule has 0 aromatic heterocycles. The number of rotatable bonds is 11. The van der Waals surface area contributed by atoms with Gasteiger partial charge in [-0.05, 0) is 42.9 Å². The van der Waals surface area contributed by atoms with E-state index >= 15 is 0 Å². The highest BCUT2D eigenvalue weighted by atomic mass is 127. The van der Waals surface area contributed by atoms with Gasteiger partial charge in [0, 0.05) is 31.9 Å². The fourth-order valence-corrected chi connectivity index (χ4v) is 3.54. The summed E-state index contributed by atoms with van der Waals surface area (Å²) in [5, 5.41) is 12.5. The lowest BCUT2D eigenvalue weighted by Crippen LogP contribution is -2.34. The minimum Gasteiger partial charge on any atom is -0.396 e. The quantitative estimate of drug-likeness (QED) is 0.183. The molecule has 28 heavy (non-hydrogen) atoms. The molecular weight excluding hydrogens is 463 g/mol. The van der Waals surface area contributed by atoms with Crippen LogP contribution in [0.2, 0.25) is 0 Å². The van der Waals surface area contributed by atoms with Crippen LogP contribution < -0.4 is 16.0 Å². The number of guanidine groups is 1. The molecule has 0 saturated carbocycles. The van der Waals surface area contributed by atoms with Crippen molar-refractivity contribution in [2.24, 2.45) is 16.6 Å². The van der Waals surface area contributed by atoms with Gasteiger partial charge in [-0.1, -0.05) is 51.2 Å². The molecule has 2 rings (SSSR count). The number of aliphatic hydroxyl groups excluding tert-OH is 1. The van der Waals surface area contributed by atoms with Crippen LogP contribution in [0, 0.1) is 5.92 Å². The zero-order valence-corrected chi connectivity index (χ0v) is 19.7. The summed E-state index contributed by atoms with van der Waals surface area (Å²) in [4.78, 5) is 6.85. The number of hydrogen-bond acceptors (Lipinski definition) is 3. The first-order valence-corrected chi connectivity index (χ1v) is 10.7. The first-order chi connectivity index (χ1) is 13.2. The monoisotopic (exact) mass is 502 g/mol. The van der Waals surface area contributed by atoms with E-state index in [-0.39, 0.29) is 24.0 Å². The van der Waals surface area contributed by atoms with Gasteiger partial charge < -0.3 is 21.1 Å². The maximum atomic E-state index is 9.25. The van der Waals surface area contributed by atoms with Gasteiger partial charge in [0.25, 0.3) is 0 Å². The molecule has 1 aromatic rings. The van der Waals surface area contributed by atoms with Gasteiger partial charge >= 0.3 is 0 Å². The molecule has 0 unspecified atom stereocenters. The van der Waals surface area contributed by atoms with Gasteiger partial charge in [0.2, 0.25) is 0 Å². The van der Waals surface area contributed by atoms with Gasteiger partial charge in [0.15, 0.2) is 5.96 Å². The van der Waals surface area contributed by atoms with Crippen LogP contribution in [-0.4, -0.2) is 37.3 Å². The summed E-state index contributed by atoms with van der Waals surface area (Å²) in [5.74, 6) is 1.01. The third-order valence-corrected chi connectivity index (χ3v) is 5.44. The predicted octanol–water partition coefficient (Wildman–Crippen LogP) is 4.28. The second-order valence-electron chi connectivity index (χ2n) is 7.68. The van der Waals surface area contributed by atoms with Crippen molar-refractivity contribution < 1.29 is 5.11 Å². The number of aliphatic hydroxyl groups is 1. The van der Waals surface area contributed by atoms with Gasteiger partial charge in [-0.25, -0.2) is 4.99 Å². The van der Waals surface area contributed by atoms with Crippen LogP contribution in [0.5, 0.6) is 0 Å². The Kier molecular flexibility index (Phi) is 13.3. The highest BCUT2D eigenvalue weighted by molar-refractivity contribution is 14.0. The predicted molar refractivity (Wildman–Crippen MR) is 131 cm³/mol. The second-order valence-corrected chi connectivity index (χ2v) is 7.68. The van der Waals surface area contributed by atoms with Crippen LogP contribution in [0.15, 0.2) is 29.3 Å². The Hall–Kier alpha value is -1.02. The molecule has 160 valence electrons. The summed E-state index contributed by atoms with van der Waals surface area (Å²) < 4.78 is 0. The molecule has 0 atom stereocenters. The molecule has 0 radical (unpaired) electrons. The van der Waals surface area contributed by atoms with E-state index in [1.807, 2.05) is 0 Å². The number of benzene rings is 1. The zero-order chi connectivity index (χ0) is 19.3. The third-order valence-electron chi connectivity index (χ3n) is 5.44. The molecule has 0 bridgehead atoms. The number of anilines is 1. The van der Waals surface area contributed by atoms with Gasteiger partial charge in [0.1, 0.15) is 0 Å². The lowest BCUT2D eigenvalue weighted by Gasteiger charge is -2.32. The number of halogens is 1. The summed E-state index contributed by atoms with van der Waals surface area (Å²) in [7, 11) is 0. The van der Waals surface area contributed by atoms with Crippen molar-refractivity contribution in [1.82, 2.24) is 5.32 Å². The largest absolute Gasteiger partial charge is 0.396 e. The molecule has 0 aliphatic carbocycles. The summed E-state index contributed by atoms with van der Waals surface area (Å²) in [5.41, 5.74) is 8.40. The molecule has 1 saturated heterocycles. The van der Waals surface area contributed by atoms with Crippen molar-refractivity contribution in [1.29, 1.82) is 0 Å². The van der Waals surface area contributed by atoms with Gasteiger partial charge in [-0.3, -0.25) is 0 Å². The number of nitrogens with one attached hydrogen (secondary N) is 1. The molecule has 1 aromatic carbocycles. The first-order valence-electron chi connectivity index (χ1n) is 10.7. The molecular formula is C22H39IN4O. The highest BCUT2D eigenvalue weighted by Gasteiger charge is 2.18. The molecule has 0 amide bonds. The maximum Gasteiger partial charge on any atom is 0.188 e. The fourth-order valence-electron chi connectivity index (χ4n) is 3.54. The number of nitrogens with zero attached hydrogens (tertiary/aromatic N) is 2. The van der Waals surface area contributed by atoms with E-state index < -0.39 is 0 Å². The lowest BCUT2D eigenvalue weighted by atomic mass is 9.97. The van der Waals surface area contributed by atoms with E-state index in [0.29, 0.717) is 25.0 Å². The Morgan fingerprint density at radius 3 is 2.39 bits per heavy atom. The molecule has 0 spiro atoms. The van der Waals surface area contributed by atoms with Crippen LogP contribution in [0.25, 0.3) is 0 Å². The Morgan fingerprint density at radius 2 is 1.75 bits per heavy atom. The number of piperidine rings is 1. The van der Waals surface area contributed by atoms with Gasteiger partial charge in [-0.2, -0.15) is 0 Å². The van der Waals surface area contributed by atoms with Crippen LogP contribution in [-0.2, 0) is 6.54 Å². The van der Waals surface area contributed by atoms with Crippen LogP contribution in [0.1, 0.15) is 63.9 Å². The number of nitrogens with two attached hydrogens (primary N) is 1. The van der Waals surface area contributed by atoms with E-state index in [1.165, 1.54) is 43.4 Å².